The zero-order valence-electron chi connectivity index (χ0n) is 10.5. The maximum atomic E-state index is 11.1. The molecule has 7 heteroatoms. The summed E-state index contributed by atoms with van der Waals surface area (Å²) in [5.74, 6) is 2.11. The van der Waals surface area contributed by atoms with E-state index in [2.05, 4.69) is 10.2 Å². The van der Waals surface area contributed by atoms with E-state index in [-0.39, 0.29) is 22.0 Å². The van der Waals surface area contributed by atoms with Gasteiger partial charge in [-0.25, -0.2) is 4.79 Å². The van der Waals surface area contributed by atoms with Crippen molar-refractivity contribution in [1.82, 2.24) is 0 Å². The molecule has 0 bridgehead atoms. The Hall–Kier alpha value is -3.31. The highest BCUT2D eigenvalue weighted by Crippen LogP contribution is 2.21. The van der Waals surface area contributed by atoms with Crippen LogP contribution in [0.5, 0.6) is 5.75 Å². The topological polar surface area (TPSA) is 94.2 Å². The first-order valence-electron chi connectivity index (χ1n) is 5.92. The molecule has 0 aromatic heterocycles. The van der Waals surface area contributed by atoms with E-state index in [1.54, 1.807) is 30.2 Å². The van der Waals surface area contributed by atoms with E-state index in [4.69, 9.17) is 4.74 Å². The number of ether oxygens (including phenoxy) is 1. The van der Waals surface area contributed by atoms with Gasteiger partial charge in [0.05, 0.1) is 10.1 Å². The molecular formula is C14H7N3O4. The van der Waals surface area contributed by atoms with Crippen LogP contribution in [-0.2, 0) is 4.79 Å². The molecule has 0 saturated carbocycles. The van der Waals surface area contributed by atoms with Gasteiger partial charge in [-0.15, -0.1) is 10.2 Å². The van der Waals surface area contributed by atoms with Crippen LogP contribution in [0.15, 0.2) is 52.7 Å². The lowest BCUT2D eigenvalue weighted by Gasteiger charge is -2.02. The Labute approximate surface area is 117 Å². The van der Waals surface area contributed by atoms with Gasteiger partial charge in [-0.3, -0.25) is 10.1 Å². The number of hydrogen-bond acceptors (Lipinski definition) is 6. The second-order valence-electron chi connectivity index (χ2n) is 4.13. The lowest BCUT2D eigenvalue weighted by atomic mass is 10.2. The number of rotatable bonds is 3. The first kappa shape index (κ1) is 12.7. The maximum Gasteiger partial charge on any atom is 0.288 e. The van der Waals surface area contributed by atoms with Crippen molar-refractivity contribution in [2.45, 2.75) is 0 Å². The first-order valence-corrected chi connectivity index (χ1v) is 5.92. The van der Waals surface area contributed by atoms with Crippen molar-refractivity contribution >= 4 is 23.2 Å². The summed E-state index contributed by atoms with van der Waals surface area (Å²) in [5, 5.41) is 18.6. The van der Waals surface area contributed by atoms with Crippen molar-refractivity contribution in [2.24, 2.45) is 10.2 Å². The van der Waals surface area contributed by atoms with Crippen molar-refractivity contribution in [3.05, 3.63) is 63.0 Å². The quantitative estimate of drug-likeness (QED) is 0.626. The Morgan fingerprint density at radius 1 is 1.10 bits per heavy atom. The van der Waals surface area contributed by atoms with E-state index in [0.29, 0.717) is 11.4 Å². The average molecular weight is 281 g/mol. The molecule has 1 heterocycles. The number of carbonyl (C=O) groups excluding carboxylic acids is 1. The molecule has 7 nitrogen and oxygen atoms in total. The van der Waals surface area contributed by atoms with Crippen molar-refractivity contribution in [3.63, 3.8) is 0 Å². The number of para-hydroxylation sites is 1. The Morgan fingerprint density at radius 3 is 2.52 bits per heavy atom. The Bertz CT molecular complexity index is 900. The average Bonchev–Trinajstić information content (AvgIpc) is 2.90. The minimum atomic E-state index is -0.654. The molecule has 21 heavy (non-hydrogen) atoms. The van der Waals surface area contributed by atoms with E-state index in [9.17, 15) is 14.9 Å². The summed E-state index contributed by atoms with van der Waals surface area (Å²) in [6.07, 6.45) is 0. The summed E-state index contributed by atoms with van der Waals surface area (Å²) in [5.41, 5.74) is -0.0184. The number of azo groups is 1. The molecule has 0 fully saturated rings. The van der Waals surface area contributed by atoms with Gasteiger partial charge in [-0.2, -0.15) is 0 Å². The zero-order valence-corrected chi connectivity index (χ0v) is 10.5. The van der Waals surface area contributed by atoms with Gasteiger partial charge in [-0.1, -0.05) is 18.2 Å². The molecule has 1 aliphatic rings. The van der Waals surface area contributed by atoms with Crippen LogP contribution < -0.4 is 15.2 Å². The van der Waals surface area contributed by atoms with Crippen LogP contribution in [0.25, 0.3) is 5.88 Å². The minimum Gasteiger partial charge on any atom is -0.437 e. The number of non-ortho nitro benzene ring substituents is 1. The molecule has 3 rings (SSSR count). The number of nitro benzene ring substituents is 1. The van der Waals surface area contributed by atoms with Crippen LogP contribution in [0.3, 0.4) is 0 Å². The molecule has 0 saturated heterocycles. The third-order valence-corrected chi connectivity index (χ3v) is 2.88. The van der Waals surface area contributed by atoms with Gasteiger partial charge in [0, 0.05) is 6.07 Å². The smallest absolute Gasteiger partial charge is 0.288 e. The zero-order chi connectivity index (χ0) is 14.8. The lowest BCUT2D eigenvalue weighted by molar-refractivity contribution is -0.385. The SMILES string of the molecule is O=C=c1c([N+](=O)[O-])ccc2c1=C(Oc1ccccc1)N=N2. The number of fused-ring (bicyclic) bond motifs is 1. The standard InChI is InChI=1S/C14H7N3O4/c18-8-10-12(17(19)20)7-6-11-13(10)14(16-15-11)21-9-4-2-1-3-5-9/h1-7H. The van der Waals surface area contributed by atoms with Crippen LogP contribution >= 0.6 is 0 Å². The number of nitrogens with zero attached hydrogens (tertiary/aromatic N) is 3. The third kappa shape index (κ3) is 2.18. The molecule has 0 N–H and O–H groups in total. The third-order valence-electron chi connectivity index (χ3n) is 2.88. The summed E-state index contributed by atoms with van der Waals surface area (Å²) < 4.78 is 5.53. The van der Waals surface area contributed by atoms with Gasteiger partial charge in [0.15, 0.2) is 5.22 Å². The van der Waals surface area contributed by atoms with E-state index < -0.39 is 4.92 Å². The van der Waals surface area contributed by atoms with Gasteiger partial charge in [-0.05, 0) is 18.2 Å². The van der Waals surface area contributed by atoms with Gasteiger partial charge in [0.2, 0.25) is 5.88 Å². The maximum absolute atomic E-state index is 11.1. The normalized spacial score (nSPS) is 11.9. The van der Waals surface area contributed by atoms with Crippen LogP contribution in [0.1, 0.15) is 0 Å². The predicted octanol–water partition coefficient (Wildman–Crippen LogP) is 1.34. The second-order valence-corrected chi connectivity index (χ2v) is 4.13. The Morgan fingerprint density at radius 2 is 1.86 bits per heavy atom. The molecule has 0 spiro atoms. The van der Waals surface area contributed by atoms with E-state index in [1.807, 2.05) is 6.07 Å². The molecule has 2 aromatic rings. The Kier molecular flexibility index (Phi) is 3.02. The van der Waals surface area contributed by atoms with Crippen molar-refractivity contribution < 1.29 is 14.5 Å². The molecule has 0 amide bonds. The molecular weight excluding hydrogens is 274 g/mol. The monoisotopic (exact) mass is 281 g/mol. The van der Waals surface area contributed by atoms with Crippen molar-refractivity contribution in [2.75, 3.05) is 0 Å². The van der Waals surface area contributed by atoms with Gasteiger partial charge >= 0.3 is 0 Å². The van der Waals surface area contributed by atoms with Crippen LogP contribution in [0.4, 0.5) is 11.4 Å². The van der Waals surface area contributed by atoms with Gasteiger partial charge in [0.1, 0.15) is 17.4 Å². The summed E-state index contributed by atoms with van der Waals surface area (Å²) in [6.45, 7) is 0. The molecule has 0 atom stereocenters. The van der Waals surface area contributed by atoms with Gasteiger partial charge < -0.3 is 4.74 Å². The highest BCUT2D eigenvalue weighted by atomic mass is 16.6. The summed E-state index contributed by atoms with van der Waals surface area (Å²) >= 11 is 0. The van der Waals surface area contributed by atoms with E-state index in [1.165, 1.54) is 12.1 Å². The predicted molar refractivity (Wildman–Crippen MR) is 72.1 cm³/mol. The largest absolute Gasteiger partial charge is 0.437 e. The molecule has 102 valence electrons. The molecule has 0 aliphatic carbocycles. The van der Waals surface area contributed by atoms with E-state index in [0.717, 1.165) is 0 Å². The fourth-order valence-electron chi connectivity index (χ4n) is 1.96. The fraction of sp³-hybridized carbons (Fsp3) is 0. The molecule has 0 unspecified atom stereocenters. The lowest BCUT2D eigenvalue weighted by Crippen LogP contribution is -2.30. The van der Waals surface area contributed by atoms with Crippen LogP contribution in [0.2, 0.25) is 0 Å². The molecule has 2 aromatic carbocycles. The molecule has 1 aliphatic heterocycles. The molecule has 0 radical (unpaired) electrons. The summed E-state index contributed by atoms with van der Waals surface area (Å²) in [6, 6.07) is 11.4. The minimum absolute atomic E-state index is 0.0400. The van der Waals surface area contributed by atoms with Crippen LogP contribution in [-0.4, -0.2) is 10.9 Å². The van der Waals surface area contributed by atoms with Crippen molar-refractivity contribution in [3.8, 4) is 5.75 Å². The number of hydrogen-bond donors (Lipinski definition) is 0. The van der Waals surface area contributed by atoms with Gasteiger partial charge in [0.25, 0.3) is 5.69 Å². The fourth-order valence-corrected chi connectivity index (χ4v) is 1.96. The van der Waals surface area contributed by atoms with E-state index >= 15 is 0 Å². The number of benzene rings is 2. The highest BCUT2D eigenvalue weighted by molar-refractivity contribution is 5.65. The van der Waals surface area contributed by atoms with Crippen molar-refractivity contribution in [1.29, 1.82) is 0 Å². The Balaban J connectivity index is 2.25. The highest BCUT2D eigenvalue weighted by Gasteiger charge is 2.20. The summed E-state index contributed by atoms with van der Waals surface area (Å²) in [4.78, 5) is 21.4. The second kappa shape index (κ2) is 4.99. The summed E-state index contributed by atoms with van der Waals surface area (Å²) in [7, 11) is 0. The first-order chi connectivity index (χ1) is 10.2. The number of nitro groups is 1. The van der Waals surface area contributed by atoms with Crippen LogP contribution in [0, 0.1) is 10.1 Å².